The van der Waals surface area contributed by atoms with Crippen molar-refractivity contribution in [2.45, 2.75) is 12.5 Å². The molecule has 0 aliphatic carbocycles. The van der Waals surface area contributed by atoms with Crippen LogP contribution in [-0.2, 0) is 11.2 Å². The highest BCUT2D eigenvalue weighted by molar-refractivity contribution is 5.98. The lowest BCUT2D eigenvalue weighted by atomic mass is 10.1. The number of pyridine rings is 2. The second-order valence-corrected chi connectivity index (χ2v) is 7.19. The molecule has 1 amide bonds. The molecule has 6 N–H and O–H groups in total. The lowest BCUT2D eigenvalue weighted by Gasteiger charge is -2.19. The van der Waals surface area contributed by atoms with Crippen molar-refractivity contribution in [2.24, 2.45) is 11.5 Å². The highest BCUT2D eigenvalue weighted by Gasteiger charge is 2.18. The van der Waals surface area contributed by atoms with E-state index in [0.717, 1.165) is 11.6 Å². The second-order valence-electron chi connectivity index (χ2n) is 7.19. The van der Waals surface area contributed by atoms with Crippen molar-refractivity contribution >= 4 is 23.2 Å². The smallest absolute Gasteiger partial charge is 0.252 e. The van der Waals surface area contributed by atoms with Gasteiger partial charge in [0.15, 0.2) is 11.6 Å². The Morgan fingerprint density at radius 1 is 1.15 bits per heavy atom. The Kier molecular flexibility index (Phi) is 8.50. The Labute approximate surface area is 191 Å². The fourth-order valence-electron chi connectivity index (χ4n) is 3.09. The SMILES string of the molecule is COCCOc1cc(Nc2nc(NC(CN)Cc3ccccc3)c(F)cc2C(N)=O)ccn1. The van der Waals surface area contributed by atoms with E-state index in [-0.39, 0.29) is 29.8 Å². The molecule has 0 aliphatic heterocycles. The van der Waals surface area contributed by atoms with Gasteiger partial charge in [-0.1, -0.05) is 30.3 Å². The summed E-state index contributed by atoms with van der Waals surface area (Å²) in [7, 11) is 1.57. The minimum atomic E-state index is -0.819. The number of hydrogen-bond acceptors (Lipinski definition) is 8. The Hall–Kier alpha value is -3.76. The summed E-state index contributed by atoms with van der Waals surface area (Å²) in [5, 5.41) is 6.02. The van der Waals surface area contributed by atoms with E-state index < -0.39 is 11.7 Å². The number of amides is 1. The molecule has 3 aromatic rings. The average Bonchev–Trinajstić information content (AvgIpc) is 2.81. The molecule has 1 unspecified atom stereocenters. The summed E-state index contributed by atoms with van der Waals surface area (Å²) >= 11 is 0. The zero-order chi connectivity index (χ0) is 23.6. The van der Waals surface area contributed by atoms with E-state index >= 15 is 0 Å². The van der Waals surface area contributed by atoms with Crippen molar-refractivity contribution in [3.05, 3.63) is 71.7 Å². The molecule has 0 saturated carbocycles. The van der Waals surface area contributed by atoms with Gasteiger partial charge in [0.2, 0.25) is 5.88 Å². The summed E-state index contributed by atoms with van der Waals surface area (Å²) in [6.45, 7) is 0.984. The first kappa shape index (κ1) is 23.9. The fourth-order valence-corrected chi connectivity index (χ4v) is 3.09. The van der Waals surface area contributed by atoms with Crippen molar-refractivity contribution in [2.75, 3.05) is 37.5 Å². The number of hydrogen-bond donors (Lipinski definition) is 4. The molecule has 2 heterocycles. The number of nitrogens with two attached hydrogens (primary N) is 2. The highest BCUT2D eigenvalue weighted by atomic mass is 19.1. The van der Waals surface area contributed by atoms with Crippen molar-refractivity contribution < 1.29 is 18.7 Å². The number of methoxy groups -OCH3 is 1. The molecule has 2 aromatic heterocycles. The van der Waals surface area contributed by atoms with Gasteiger partial charge in [-0.25, -0.2) is 14.4 Å². The molecule has 0 aliphatic rings. The van der Waals surface area contributed by atoms with Gasteiger partial charge >= 0.3 is 0 Å². The molecule has 0 fully saturated rings. The van der Waals surface area contributed by atoms with Crippen molar-refractivity contribution in [3.8, 4) is 5.88 Å². The maximum Gasteiger partial charge on any atom is 0.252 e. The van der Waals surface area contributed by atoms with Crippen molar-refractivity contribution in [3.63, 3.8) is 0 Å². The molecule has 0 radical (unpaired) electrons. The van der Waals surface area contributed by atoms with Gasteiger partial charge in [0.1, 0.15) is 12.4 Å². The van der Waals surface area contributed by atoms with Crippen LogP contribution in [0.2, 0.25) is 0 Å². The number of nitrogens with one attached hydrogen (secondary N) is 2. The maximum absolute atomic E-state index is 14.8. The molecule has 0 spiro atoms. The quantitative estimate of drug-likeness (QED) is 0.306. The summed E-state index contributed by atoms with van der Waals surface area (Å²) in [5.41, 5.74) is 12.8. The molecule has 1 aromatic carbocycles. The molecule has 33 heavy (non-hydrogen) atoms. The molecule has 0 saturated heterocycles. The first-order valence-corrected chi connectivity index (χ1v) is 10.4. The topological polar surface area (TPSA) is 137 Å². The number of carbonyl (C=O) groups is 1. The van der Waals surface area contributed by atoms with Crippen LogP contribution in [0, 0.1) is 5.82 Å². The van der Waals surface area contributed by atoms with Gasteiger partial charge in [0.05, 0.1) is 12.2 Å². The van der Waals surface area contributed by atoms with Crippen LogP contribution in [-0.4, -0.2) is 48.8 Å². The molecule has 1 atom stereocenters. The first-order valence-electron chi connectivity index (χ1n) is 10.4. The summed E-state index contributed by atoms with van der Waals surface area (Å²) in [6.07, 6.45) is 2.10. The van der Waals surface area contributed by atoms with E-state index in [1.54, 1.807) is 19.2 Å². The van der Waals surface area contributed by atoms with Gasteiger partial charge in [0.25, 0.3) is 5.91 Å². The minimum absolute atomic E-state index is 0.0421. The Bertz CT molecular complexity index is 1070. The largest absolute Gasteiger partial charge is 0.475 e. The zero-order valence-corrected chi connectivity index (χ0v) is 18.3. The molecular formula is C23H27FN6O3. The van der Waals surface area contributed by atoms with Crippen LogP contribution in [0.5, 0.6) is 5.88 Å². The predicted octanol–water partition coefficient (Wildman–Crippen LogP) is 2.47. The predicted molar refractivity (Wildman–Crippen MR) is 124 cm³/mol. The first-order chi connectivity index (χ1) is 16.0. The molecule has 10 heteroatoms. The molecule has 9 nitrogen and oxygen atoms in total. The fraction of sp³-hybridized carbons (Fsp3) is 0.261. The van der Waals surface area contributed by atoms with Crippen LogP contribution in [0.15, 0.2) is 54.7 Å². The summed E-state index contributed by atoms with van der Waals surface area (Å²) in [4.78, 5) is 20.3. The Balaban J connectivity index is 1.83. The third kappa shape index (κ3) is 6.86. The van der Waals surface area contributed by atoms with Crippen LogP contribution >= 0.6 is 0 Å². The number of rotatable bonds is 12. The van der Waals surface area contributed by atoms with Gasteiger partial charge in [-0.3, -0.25) is 4.79 Å². The van der Waals surface area contributed by atoms with Crippen molar-refractivity contribution in [1.82, 2.24) is 9.97 Å². The summed E-state index contributed by atoms with van der Waals surface area (Å²) in [5.74, 6) is -1.13. The highest BCUT2D eigenvalue weighted by Crippen LogP contribution is 2.25. The monoisotopic (exact) mass is 454 g/mol. The number of aromatic nitrogens is 2. The van der Waals surface area contributed by atoms with Crippen LogP contribution in [0.4, 0.5) is 21.7 Å². The number of anilines is 3. The van der Waals surface area contributed by atoms with E-state index in [2.05, 4.69) is 20.6 Å². The lowest BCUT2D eigenvalue weighted by Crippen LogP contribution is -2.32. The van der Waals surface area contributed by atoms with Crippen molar-refractivity contribution in [1.29, 1.82) is 0 Å². The second kappa shape index (κ2) is 11.7. The number of nitrogens with zero attached hydrogens (tertiary/aromatic N) is 2. The molecular weight excluding hydrogens is 427 g/mol. The number of halogens is 1. The van der Waals surface area contributed by atoms with Gasteiger partial charge < -0.3 is 31.6 Å². The van der Waals surface area contributed by atoms with Gasteiger partial charge in [-0.15, -0.1) is 0 Å². The zero-order valence-electron chi connectivity index (χ0n) is 18.3. The lowest BCUT2D eigenvalue weighted by molar-refractivity contribution is 0.100. The molecule has 174 valence electrons. The van der Waals surface area contributed by atoms with Crippen LogP contribution in [0.3, 0.4) is 0 Å². The van der Waals surface area contributed by atoms with Gasteiger partial charge in [-0.2, -0.15) is 0 Å². The van der Waals surface area contributed by atoms with Gasteiger partial charge in [-0.05, 0) is 24.1 Å². The Morgan fingerprint density at radius 2 is 1.94 bits per heavy atom. The summed E-state index contributed by atoms with van der Waals surface area (Å²) < 4.78 is 25.2. The number of carbonyl (C=O) groups excluding carboxylic acids is 1. The number of primary amides is 1. The number of benzene rings is 1. The minimum Gasteiger partial charge on any atom is -0.475 e. The van der Waals surface area contributed by atoms with E-state index in [1.807, 2.05) is 30.3 Å². The van der Waals surface area contributed by atoms with E-state index in [4.69, 9.17) is 20.9 Å². The number of ether oxygens (including phenoxy) is 2. The van der Waals surface area contributed by atoms with E-state index in [1.165, 1.54) is 6.20 Å². The summed E-state index contributed by atoms with van der Waals surface area (Å²) in [6, 6.07) is 13.8. The van der Waals surface area contributed by atoms with Gasteiger partial charge in [0, 0.05) is 37.6 Å². The van der Waals surface area contributed by atoms with Crippen LogP contribution in [0.1, 0.15) is 15.9 Å². The van der Waals surface area contributed by atoms with Crippen LogP contribution in [0.25, 0.3) is 0 Å². The average molecular weight is 455 g/mol. The van der Waals surface area contributed by atoms with E-state index in [9.17, 15) is 9.18 Å². The third-order valence-electron chi connectivity index (χ3n) is 4.73. The standard InChI is InChI=1S/C23H27FN6O3/c1-32-9-10-33-20-12-16(7-8-27-20)28-22-18(21(26)31)13-19(24)23(30-22)29-17(14-25)11-15-5-3-2-4-6-15/h2-8,12-13,17H,9-11,14,25H2,1H3,(H2,26,31)(H2,27,28,29,30). The van der Waals surface area contributed by atoms with Crippen LogP contribution < -0.4 is 26.8 Å². The normalized spacial score (nSPS) is 11.6. The molecule has 3 rings (SSSR count). The van der Waals surface area contributed by atoms with E-state index in [0.29, 0.717) is 31.2 Å². The Morgan fingerprint density at radius 3 is 2.64 bits per heavy atom. The maximum atomic E-state index is 14.8. The molecule has 0 bridgehead atoms. The third-order valence-corrected chi connectivity index (χ3v) is 4.73.